The molecule has 0 aliphatic rings. The van der Waals surface area contributed by atoms with Crippen molar-refractivity contribution in [3.63, 3.8) is 0 Å². The molecule has 2 aromatic rings. The Balaban J connectivity index is 2.10. The molecule has 0 saturated carbocycles. The zero-order valence-electron chi connectivity index (χ0n) is 14.5. The molecule has 136 valence electrons. The van der Waals surface area contributed by atoms with E-state index in [1.807, 2.05) is 0 Å². The highest BCUT2D eigenvalue weighted by Gasteiger charge is 2.32. The molecule has 0 aliphatic heterocycles. The van der Waals surface area contributed by atoms with Crippen LogP contribution in [-0.4, -0.2) is 40.7 Å². The van der Waals surface area contributed by atoms with Gasteiger partial charge in [-0.2, -0.15) is 4.79 Å². The summed E-state index contributed by atoms with van der Waals surface area (Å²) in [4.78, 5) is 15.3. The SMILES string of the molecule is COc1ccc(C(O)CC(=O)C(=[N+]=[N-])C(O)c2ccc(OC)cc2)cc1. The van der Waals surface area contributed by atoms with E-state index in [1.54, 1.807) is 48.5 Å². The zero-order valence-corrected chi connectivity index (χ0v) is 14.5. The second-order valence-electron chi connectivity index (χ2n) is 5.58. The Morgan fingerprint density at radius 3 is 1.85 bits per heavy atom. The summed E-state index contributed by atoms with van der Waals surface area (Å²) in [6, 6.07) is 12.9. The molecule has 7 nitrogen and oxygen atoms in total. The highest BCUT2D eigenvalue weighted by Crippen LogP contribution is 2.23. The third-order valence-electron chi connectivity index (χ3n) is 3.96. The fraction of sp³-hybridized carbons (Fsp3) is 0.263. The van der Waals surface area contributed by atoms with E-state index in [0.717, 1.165) is 0 Å². The lowest BCUT2D eigenvalue weighted by Gasteiger charge is -2.11. The number of hydrogen-bond donors (Lipinski definition) is 2. The van der Waals surface area contributed by atoms with E-state index in [9.17, 15) is 15.0 Å². The Morgan fingerprint density at radius 1 is 0.962 bits per heavy atom. The van der Waals surface area contributed by atoms with Gasteiger partial charge in [-0.05, 0) is 35.4 Å². The Bertz CT molecular complexity index is 796. The van der Waals surface area contributed by atoms with Gasteiger partial charge in [-0.3, -0.25) is 4.79 Å². The molecule has 0 radical (unpaired) electrons. The first-order chi connectivity index (χ1) is 12.5. The summed E-state index contributed by atoms with van der Waals surface area (Å²) in [5.41, 5.74) is 9.60. The zero-order chi connectivity index (χ0) is 19.1. The van der Waals surface area contributed by atoms with Crippen LogP contribution in [0.5, 0.6) is 11.5 Å². The molecule has 7 heteroatoms. The largest absolute Gasteiger partial charge is 0.497 e. The third kappa shape index (κ3) is 4.55. The third-order valence-corrected chi connectivity index (χ3v) is 3.96. The smallest absolute Gasteiger partial charge is 0.367 e. The average molecular weight is 356 g/mol. The molecule has 2 N–H and O–H groups in total. The van der Waals surface area contributed by atoms with Crippen LogP contribution in [0.3, 0.4) is 0 Å². The predicted molar refractivity (Wildman–Crippen MR) is 94.2 cm³/mol. The normalized spacial score (nSPS) is 12.6. The number of hydrogen-bond acceptors (Lipinski definition) is 5. The van der Waals surface area contributed by atoms with Gasteiger partial charge in [0.1, 0.15) is 11.5 Å². The van der Waals surface area contributed by atoms with Gasteiger partial charge in [-0.1, -0.05) is 24.3 Å². The van der Waals surface area contributed by atoms with Crippen LogP contribution >= 0.6 is 0 Å². The molecule has 2 unspecified atom stereocenters. The highest BCUT2D eigenvalue weighted by molar-refractivity contribution is 6.39. The standard InChI is InChI=1S/C19H20N2O5/c1-25-14-7-3-12(4-8-14)16(22)11-17(23)18(21-20)19(24)13-5-9-15(26-2)10-6-13/h3-10,16,19,22,24H,11H2,1-2H3. The maximum atomic E-state index is 12.4. The Morgan fingerprint density at radius 2 is 1.42 bits per heavy atom. The van der Waals surface area contributed by atoms with Crippen molar-refractivity contribution >= 4 is 11.5 Å². The van der Waals surface area contributed by atoms with Crippen molar-refractivity contribution in [2.45, 2.75) is 18.6 Å². The maximum absolute atomic E-state index is 12.4. The summed E-state index contributed by atoms with van der Waals surface area (Å²) >= 11 is 0. The first-order valence-electron chi connectivity index (χ1n) is 7.89. The molecule has 0 bridgehead atoms. The lowest BCUT2D eigenvalue weighted by molar-refractivity contribution is -0.120. The highest BCUT2D eigenvalue weighted by atomic mass is 16.5. The van der Waals surface area contributed by atoms with Gasteiger partial charge in [0.2, 0.25) is 5.78 Å². The summed E-state index contributed by atoms with van der Waals surface area (Å²) in [5.74, 6) is 0.545. The van der Waals surface area contributed by atoms with Crippen molar-refractivity contribution in [2.24, 2.45) is 0 Å². The monoisotopic (exact) mass is 356 g/mol. The van der Waals surface area contributed by atoms with Crippen LogP contribution in [-0.2, 0) is 4.79 Å². The van der Waals surface area contributed by atoms with E-state index < -0.39 is 23.7 Å². The number of ether oxygens (including phenoxy) is 2. The fourth-order valence-electron chi connectivity index (χ4n) is 2.43. The Hall–Kier alpha value is -2.99. The lowest BCUT2D eigenvalue weighted by atomic mass is 9.96. The first kappa shape index (κ1) is 19.3. The number of rotatable bonds is 8. The molecule has 0 spiro atoms. The number of aliphatic hydroxyl groups is 2. The first-order valence-corrected chi connectivity index (χ1v) is 7.89. The van der Waals surface area contributed by atoms with Gasteiger partial charge in [0.25, 0.3) is 0 Å². The van der Waals surface area contributed by atoms with Gasteiger partial charge < -0.3 is 25.2 Å². The second kappa shape index (κ2) is 8.92. The van der Waals surface area contributed by atoms with E-state index in [-0.39, 0.29) is 6.42 Å². The summed E-state index contributed by atoms with van der Waals surface area (Å²) in [5, 5.41) is 20.5. The molecule has 0 aromatic heterocycles. The molecular formula is C19H20N2O5. The van der Waals surface area contributed by atoms with Crippen LogP contribution in [0.2, 0.25) is 0 Å². The Kier molecular flexibility index (Phi) is 6.63. The molecule has 0 saturated heterocycles. The topological polar surface area (TPSA) is 112 Å². The number of aliphatic hydroxyl groups excluding tert-OH is 2. The number of benzene rings is 2. The molecule has 0 heterocycles. The molecule has 2 rings (SSSR count). The Labute approximate surface area is 151 Å². The van der Waals surface area contributed by atoms with Crippen LogP contribution in [0, 0.1) is 0 Å². The maximum Gasteiger partial charge on any atom is 0.367 e. The molecule has 0 fully saturated rings. The van der Waals surface area contributed by atoms with E-state index in [1.165, 1.54) is 14.2 Å². The summed E-state index contributed by atoms with van der Waals surface area (Å²) in [6.45, 7) is 0. The van der Waals surface area contributed by atoms with Crippen LogP contribution < -0.4 is 9.47 Å². The van der Waals surface area contributed by atoms with Crippen molar-refractivity contribution in [3.05, 3.63) is 65.2 Å². The fourth-order valence-corrected chi connectivity index (χ4v) is 2.43. The van der Waals surface area contributed by atoms with Gasteiger partial charge in [-0.15, -0.1) is 0 Å². The minimum absolute atomic E-state index is 0.334. The van der Waals surface area contributed by atoms with Crippen molar-refractivity contribution in [1.82, 2.24) is 0 Å². The molecule has 2 aromatic carbocycles. The van der Waals surface area contributed by atoms with Crippen LogP contribution in [0.25, 0.3) is 5.53 Å². The van der Waals surface area contributed by atoms with E-state index in [0.29, 0.717) is 22.6 Å². The molecule has 0 aliphatic carbocycles. The van der Waals surface area contributed by atoms with Gasteiger partial charge >= 0.3 is 5.71 Å². The number of Topliss-reactive ketones (excluding diaryl/α,β-unsaturated/α-hetero) is 1. The van der Waals surface area contributed by atoms with Crippen molar-refractivity contribution < 1.29 is 29.3 Å². The van der Waals surface area contributed by atoms with Gasteiger partial charge in [0.15, 0.2) is 6.10 Å². The molecular weight excluding hydrogens is 336 g/mol. The van der Waals surface area contributed by atoms with Gasteiger partial charge in [0.05, 0.1) is 20.3 Å². The molecule has 2 atom stereocenters. The predicted octanol–water partition coefficient (Wildman–Crippen LogP) is 2.10. The summed E-state index contributed by atoms with van der Waals surface area (Å²) in [6.07, 6.45) is -2.85. The van der Waals surface area contributed by atoms with Crippen molar-refractivity contribution in [3.8, 4) is 11.5 Å². The van der Waals surface area contributed by atoms with Gasteiger partial charge in [0, 0.05) is 6.42 Å². The minimum atomic E-state index is -1.42. The second-order valence-corrected chi connectivity index (χ2v) is 5.58. The number of ketones is 1. The summed E-state index contributed by atoms with van der Waals surface area (Å²) < 4.78 is 10.1. The number of nitrogens with zero attached hydrogens (tertiary/aromatic N) is 2. The van der Waals surface area contributed by atoms with E-state index in [4.69, 9.17) is 15.0 Å². The number of carbonyl (C=O) groups is 1. The lowest BCUT2D eigenvalue weighted by Crippen LogP contribution is -2.25. The van der Waals surface area contributed by atoms with Gasteiger partial charge in [-0.25, -0.2) is 0 Å². The van der Waals surface area contributed by atoms with Crippen molar-refractivity contribution in [2.75, 3.05) is 14.2 Å². The molecule has 0 amide bonds. The van der Waals surface area contributed by atoms with Crippen molar-refractivity contribution in [1.29, 1.82) is 0 Å². The number of methoxy groups -OCH3 is 2. The summed E-state index contributed by atoms with van der Waals surface area (Å²) in [7, 11) is 3.04. The van der Waals surface area contributed by atoms with E-state index >= 15 is 0 Å². The minimum Gasteiger partial charge on any atom is -0.497 e. The van der Waals surface area contributed by atoms with Crippen LogP contribution in [0.4, 0.5) is 0 Å². The quantitative estimate of drug-likeness (QED) is 0.427. The van der Waals surface area contributed by atoms with E-state index in [2.05, 4.69) is 4.79 Å². The number of carbonyl (C=O) groups excluding carboxylic acids is 1. The molecule has 26 heavy (non-hydrogen) atoms. The van der Waals surface area contributed by atoms with Crippen LogP contribution in [0.15, 0.2) is 48.5 Å². The van der Waals surface area contributed by atoms with Crippen LogP contribution in [0.1, 0.15) is 29.8 Å². The average Bonchev–Trinajstić information content (AvgIpc) is 2.68.